The highest BCUT2D eigenvalue weighted by atomic mass is 16.5. The maximum Gasteiger partial charge on any atom is 0.323 e. The largest absolute Gasteiger partial charge is 0.500 e. The summed E-state index contributed by atoms with van der Waals surface area (Å²) in [6.45, 7) is 10.8. The third-order valence-electron chi connectivity index (χ3n) is 7.12. The first-order valence-corrected chi connectivity index (χ1v) is 10.9. The van der Waals surface area contributed by atoms with E-state index in [4.69, 9.17) is 9.47 Å². The lowest BCUT2D eigenvalue weighted by molar-refractivity contribution is -0.165. The van der Waals surface area contributed by atoms with Crippen LogP contribution in [0.5, 0.6) is 0 Å². The van der Waals surface area contributed by atoms with Crippen LogP contribution in [0.15, 0.2) is 53.8 Å². The normalized spacial score (nSPS) is 30.2. The van der Waals surface area contributed by atoms with Gasteiger partial charge in [-0.05, 0) is 55.6 Å². The Labute approximate surface area is 176 Å². The zero-order valence-electron chi connectivity index (χ0n) is 18.8. The van der Waals surface area contributed by atoms with Gasteiger partial charge in [-0.2, -0.15) is 0 Å². The summed E-state index contributed by atoms with van der Waals surface area (Å²) in [5, 5.41) is 0. The van der Waals surface area contributed by atoms with Crippen LogP contribution >= 0.6 is 0 Å². The summed E-state index contributed by atoms with van der Waals surface area (Å²) in [6.07, 6.45) is 7.88. The van der Waals surface area contributed by atoms with Crippen molar-refractivity contribution in [1.82, 2.24) is 0 Å². The van der Waals surface area contributed by atoms with E-state index in [1.807, 2.05) is 26.0 Å². The van der Waals surface area contributed by atoms with E-state index < -0.39 is 5.41 Å². The number of esters is 1. The number of hydrogen-bond acceptors (Lipinski definition) is 3. The molecule has 3 nitrogen and oxygen atoms in total. The minimum atomic E-state index is -0.848. The van der Waals surface area contributed by atoms with Gasteiger partial charge in [-0.1, -0.05) is 69.7 Å². The van der Waals surface area contributed by atoms with Crippen LogP contribution in [-0.2, 0) is 19.7 Å². The van der Waals surface area contributed by atoms with Gasteiger partial charge in [0.2, 0.25) is 0 Å². The van der Waals surface area contributed by atoms with Crippen molar-refractivity contribution in [2.45, 2.75) is 71.8 Å². The van der Waals surface area contributed by atoms with Gasteiger partial charge >= 0.3 is 5.97 Å². The van der Waals surface area contributed by atoms with E-state index in [1.165, 1.54) is 12.0 Å². The Bertz CT molecular complexity index is 789. The molecule has 0 aromatic heterocycles. The zero-order chi connectivity index (χ0) is 21.2. The summed E-state index contributed by atoms with van der Waals surface area (Å²) in [6, 6.07) is 10.6. The number of ether oxygens (including phenoxy) is 2. The van der Waals surface area contributed by atoms with Crippen molar-refractivity contribution in [3.05, 3.63) is 59.4 Å². The van der Waals surface area contributed by atoms with Gasteiger partial charge in [0.1, 0.15) is 17.3 Å². The summed E-state index contributed by atoms with van der Waals surface area (Å²) >= 11 is 0. The molecule has 0 aliphatic heterocycles. The number of methoxy groups -OCH3 is 1. The highest BCUT2D eigenvalue weighted by Gasteiger charge is 2.46. The summed E-state index contributed by atoms with van der Waals surface area (Å²) in [5.41, 5.74) is 1.48. The number of hydrogen-bond donors (Lipinski definition) is 0. The zero-order valence-corrected chi connectivity index (χ0v) is 18.8. The smallest absolute Gasteiger partial charge is 0.323 e. The maximum absolute atomic E-state index is 13.4. The maximum atomic E-state index is 13.4. The predicted octanol–water partition coefficient (Wildman–Crippen LogP) is 6.20. The molecule has 3 heteroatoms. The van der Waals surface area contributed by atoms with Crippen molar-refractivity contribution in [3.8, 4) is 0 Å². The minimum Gasteiger partial charge on any atom is -0.500 e. The van der Waals surface area contributed by atoms with E-state index in [9.17, 15) is 4.79 Å². The molecule has 0 bridgehead atoms. The average Bonchev–Trinajstić information content (AvgIpc) is 2.68. The van der Waals surface area contributed by atoms with Gasteiger partial charge < -0.3 is 9.47 Å². The van der Waals surface area contributed by atoms with Crippen LogP contribution in [0.1, 0.15) is 65.9 Å². The molecule has 2 aliphatic carbocycles. The number of benzene rings is 1. The molecule has 0 saturated heterocycles. The molecule has 0 amide bonds. The second-order valence-electron chi connectivity index (χ2n) is 9.68. The summed E-state index contributed by atoms with van der Waals surface area (Å²) in [4.78, 5) is 13.4. The van der Waals surface area contributed by atoms with Crippen LogP contribution < -0.4 is 0 Å². The van der Waals surface area contributed by atoms with Crippen molar-refractivity contribution in [1.29, 1.82) is 0 Å². The molecular weight excluding hydrogens is 360 g/mol. The Morgan fingerprint density at radius 2 is 1.86 bits per heavy atom. The first-order chi connectivity index (χ1) is 13.7. The number of carbonyl (C=O) groups is 1. The molecule has 1 unspecified atom stereocenters. The van der Waals surface area contributed by atoms with Gasteiger partial charge in [0, 0.05) is 5.92 Å². The topological polar surface area (TPSA) is 35.5 Å². The van der Waals surface area contributed by atoms with Gasteiger partial charge in [-0.25, -0.2) is 0 Å². The fourth-order valence-electron chi connectivity index (χ4n) is 5.26. The van der Waals surface area contributed by atoms with Gasteiger partial charge in [0.05, 0.1) is 7.11 Å². The van der Waals surface area contributed by atoms with Crippen LogP contribution in [0.3, 0.4) is 0 Å². The van der Waals surface area contributed by atoms with Gasteiger partial charge in [-0.3, -0.25) is 4.79 Å². The molecule has 3 rings (SSSR count). The standard InChI is InChI=1S/C26H36O3/c1-18-14-15-21(25(3,4)20-12-8-7-9-13-20)22(17-18)29-24(27)26(5)16-10-11-19(2)23(26)28-6/h7-10,12-13,16,18,21-22H,11,14-15,17H2,1-6H3/t18-,21-,22-,26?/m1/s1. The molecule has 1 aromatic carbocycles. The van der Waals surface area contributed by atoms with Crippen LogP contribution in [0.2, 0.25) is 0 Å². The van der Waals surface area contributed by atoms with E-state index in [2.05, 4.69) is 51.1 Å². The summed E-state index contributed by atoms with van der Waals surface area (Å²) in [5.74, 6) is 1.38. The minimum absolute atomic E-state index is 0.0640. The fourth-order valence-corrected chi connectivity index (χ4v) is 5.26. The number of allylic oxidation sites excluding steroid dienone is 2. The Kier molecular flexibility index (Phi) is 6.26. The van der Waals surface area contributed by atoms with E-state index in [1.54, 1.807) is 7.11 Å². The van der Waals surface area contributed by atoms with Crippen molar-refractivity contribution < 1.29 is 14.3 Å². The molecule has 0 N–H and O–H groups in total. The molecular formula is C26H36O3. The highest BCUT2D eigenvalue weighted by molar-refractivity contribution is 5.83. The molecule has 29 heavy (non-hydrogen) atoms. The lowest BCUT2D eigenvalue weighted by Gasteiger charge is -2.45. The van der Waals surface area contributed by atoms with Crippen molar-refractivity contribution in [2.75, 3.05) is 7.11 Å². The summed E-state index contributed by atoms with van der Waals surface area (Å²) < 4.78 is 11.9. The fraction of sp³-hybridized carbons (Fsp3) is 0.577. The Morgan fingerprint density at radius 3 is 2.52 bits per heavy atom. The van der Waals surface area contributed by atoms with E-state index in [0.717, 1.165) is 30.6 Å². The van der Waals surface area contributed by atoms with Crippen LogP contribution in [0, 0.1) is 17.3 Å². The van der Waals surface area contributed by atoms with Gasteiger partial charge in [0.25, 0.3) is 0 Å². The Morgan fingerprint density at radius 1 is 1.17 bits per heavy atom. The second-order valence-corrected chi connectivity index (χ2v) is 9.68. The lowest BCUT2D eigenvalue weighted by Crippen LogP contribution is -2.45. The predicted molar refractivity (Wildman–Crippen MR) is 117 cm³/mol. The van der Waals surface area contributed by atoms with E-state index in [-0.39, 0.29) is 23.4 Å². The number of carbonyl (C=O) groups excluding carboxylic acids is 1. The molecule has 0 spiro atoms. The molecule has 1 fully saturated rings. The van der Waals surface area contributed by atoms with Crippen LogP contribution in [-0.4, -0.2) is 19.2 Å². The quantitative estimate of drug-likeness (QED) is 0.439. The van der Waals surface area contributed by atoms with Gasteiger partial charge in [0.15, 0.2) is 0 Å². The second kappa shape index (κ2) is 8.38. The van der Waals surface area contributed by atoms with E-state index >= 15 is 0 Å². The molecule has 1 saturated carbocycles. The third kappa shape index (κ3) is 4.15. The first kappa shape index (κ1) is 21.7. The Hall–Kier alpha value is -2.03. The Balaban J connectivity index is 1.88. The van der Waals surface area contributed by atoms with Gasteiger partial charge in [-0.15, -0.1) is 0 Å². The van der Waals surface area contributed by atoms with E-state index in [0.29, 0.717) is 5.92 Å². The average molecular weight is 397 g/mol. The third-order valence-corrected chi connectivity index (χ3v) is 7.12. The monoisotopic (exact) mass is 396 g/mol. The molecule has 0 radical (unpaired) electrons. The number of rotatable bonds is 5. The molecule has 0 heterocycles. The van der Waals surface area contributed by atoms with Crippen molar-refractivity contribution in [2.24, 2.45) is 17.3 Å². The lowest BCUT2D eigenvalue weighted by atomic mass is 9.64. The summed E-state index contributed by atoms with van der Waals surface area (Å²) in [7, 11) is 1.65. The van der Waals surface area contributed by atoms with Crippen molar-refractivity contribution >= 4 is 5.97 Å². The molecule has 158 valence electrons. The SMILES string of the molecule is COC1=C(C)CC=CC1(C)C(=O)O[C@@H]1C[C@H](C)CC[C@H]1C(C)(C)c1ccccc1. The molecule has 1 aromatic rings. The first-order valence-electron chi connectivity index (χ1n) is 10.9. The molecule has 2 aliphatic rings. The highest BCUT2D eigenvalue weighted by Crippen LogP contribution is 2.45. The van der Waals surface area contributed by atoms with Crippen LogP contribution in [0.25, 0.3) is 0 Å². The van der Waals surface area contributed by atoms with Crippen LogP contribution in [0.4, 0.5) is 0 Å². The van der Waals surface area contributed by atoms with Crippen molar-refractivity contribution in [3.63, 3.8) is 0 Å². The molecule has 4 atom stereocenters.